The lowest BCUT2D eigenvalue weighted by molar-refractivity contribution is 0.0694. The number of para-hydroxylation sites is 1. The molecule has 0 aliphatic carbocycles. The minimum Gasteiger partial charge on any atom is -0.496 e. The SMILES string of the molecule is COc1ccccc1CNc1cccc(SC)c1C(=O)O. The maximum absolute atomic E-state index is 11.5. The number of carbonyl (C=O) groups is 1. The highest BCUT2D eigenvalue weighted by Crippen LogP contribution is 2.28. The second kappa shape index (κ2) is 7.04. The van der Waals surface area contributed by atoms with Crippen molar-refractivity contribution in [2.45, 2.75) is 11.4 Å². The normalized spacial score (nSPS) is 10.2. The number of hydrogen-bond acceptors (Lipinski definition) is 4. The molecule has 110 valence electrons. The van der Waals surface area contributed by atoms with Gasteiger partial charge in [0, 0.05) is 17.0 Å². The molecule has 21 heavy (non-hydrogen) atoms. The molecule has 0 unspecified atom stereocenters. The van der Waals surface area contributed by atoms with Gasteiger partial charge >= 0.3 is 5.97 Å². The number of aromatic carboxylic acids is 1. The molecule has 0 amide bonds. The summed E-state index contributed by atoms with van der Waals surface area (Å²) >= 11 is 1.42. The van der Waals surface area contributed by atoms with Crippen LogP contribution in [0.3, 0.4) is 0 Å². The van der Waals surface area contributed by atoms with E-state index in [0.717, 1.165) is 16.2 Å². The van der Waals surface area contributed by atoms with Crippen LogP contribution in [-0.4, -0.2) is 24.4 Å². The fraction of sp³-hybridized carbons (Fsp3) is 0.188. The molecule has 4 nitrogen and oxygen atoms in total. The summed E-state index contributed by atoms with van der Waals surface area (Å²) in [5, 5.41) is 12.6. The van der Waals surface area contributed by atoms with E-state index in [1.165, 1.54) is 11.8 Å². The first-order chi connectivity index (χ1) is 10.2. The van der Waals surface area contributed by atoms with Crippen LogP contribution in [0.25, 0.3) is 0 Å². The first-order valence-electron chi connectivity index (χ1n) is 6.43. The third-order valence-corrected chi connectivity index (χ3v) is 3.90. The monoisotopic (exact) mass is 303 g/mol. The molecule has 2 aromatic carbocycles. The summed E-state index contributed by atoms with van der Waals surface area (Å²) in [6.07, 6.45) is 1.87. The van der Waals surface area contributed by atoms with Crippen LogP contribution in [0.5, 0.6) is 5.75 Å². The summed E-state index contributed by atoms with van der Waals surface area (Å²) in [6.45, 7) is 0.502. The smallest absolute Gasteiger partial charge is 0.338 e. The summed E-state index contributed by atoms with van der Waals surface area (Å²) in [5.41, 5.74) is 1.89. The Bertz CT molecular complexity index is 643. The number of methoxy groups -OCH3 is 1. The third kappa shape index (κ3) is 3.49. The molecule has 0 radical (unpaired) electrons. The van der Waals surface area contributed by atoms with E-state index in [9.17, 15) is 9.90 Å². The third-order valence-electron chi connectivity index (χ3n) is 3.12. The van der Waals surface area contributed by atoms with Crippen molar-refractivity contribution in [2.24, 2.45) is 0 Å². The van der Waals surface area contributed by atoms with Crippen molar-refractivity contribution in [1.29, 1.82) is 0 Å². The lowest BCUT2D eigenvalue weighted by Crippen LogP contribution is -2.08. The summed E-state index contributed by atoms with van der Waals surface area (Å²) in [7, 11) is 1.62. The zero-order chi connectivity index (χ0) is 15.2. The van der Waals surface area contributed by atoms with Gasteiger partial charge in [0.15, 0.2) is 0 Å². The van der Waals surface area contributed by atoms with Gasteiger partial charge in [-0.25, -0.2) is 4.79 Å². The highest BCUT2D eigenvalue weighted by Gasteiger charge is 2.15. The molecule has 5 heteroatoms. The number of hydrogen-bond donors (Lipinski definition) is 2. The molecule has 0 fully saturated rings. The summed E-state index contributed by atoms with van der Waals surface area (Å²) in [4.78, 5) is 12.2. The number of carboxylic acids is 1. The summed E-state index contributed by atoms with van der Waals surface area (Å²) < 4.78 is 5.30. The van der Waals surface area contributed by atoms with Crippen LogP contribution in [0.4, 0.5) is 5.69 Å². The number of rotatable bonds is 6. The molecule has 0 aliphatic heterocycles. The van der Waals surface area contributed by atoms with Crippen LogP contribution in [-0.2, 0) is 6.54 Å². The van der Waals surface area contributed by atoms with Gasteiger partial charge in [-0.05, 0) is 24.5 Å². The van der Waals surface area contributed by atoms with Gasteiger partial charge in [0.25, 0.3) is 0 Å². The van der Waals surface area contributed by atoms with E-state index in [1.807, 2.05) is 42.7 Å². The number of ether oxygens (including phenoxy) is 1. The van der Waals surface area contributed by atoms with Crippen LogP contribution < -0.4 is 10.1 Å². The van der Waals surface area contributed by atoms with Crippen molar-refractivity contribution in [3.63, 3.8) is 0 Å². The van der Waals surface area contributed by atoms with Crippen molar-refractivity contribution in [3.05, 3.63) is 53.6 Å². The first kappa shape index (κ1) is 15.3. The topological polar surface area (TPSA) is 58.6 Å². The standard InChI is InChI=1S/C16H17NO3S/c1-20-13-8-4-3-6-11(13)10-17-12-7-5-9-14(21-2)15(12)16(18)19/h3-9,17H,10H2,1-2H3,(H,18,19). The van der Waals surface area contributed by atoms with Gasteiger partial charge in [-0.1, -0.05) is 24.3 Å². The Morgan fingerprint density at radius 2 is 2.00 bits per heavy atom. The zero-order valence-electron chi connectivity index (χ0n) is 11.9. The van der Waals surface area contributed by atoms with Crippen LogP contribution in [0.1, 0.15) is 15.9 Å². The predicted octanol–water partition coefficient (Wildman–Crippen LogP) is 3.73. The minimum atomic E-state index is -0.928. The number of benzene rings is 2. The average molecular weight is 303 g/mol. The van der Waals surface area contributed by atoms with Crippen LogP contribution in [0.2, 0.25) is 0 Å². The number of anilines is 1. The van der Waals surface area contributed by atoms with Gasteiger partial charge in [-0.2, -0.15) is 0 Å². The molecule has 0 bridgehead atoms. The van der Waals surface area contributed by atoms with Crippen molar-refractivity contribution in [3.8, 4) is 5.75 Å². The number of thioether (sulfide) groups is 1. The van der Waals surface area contributed by atoms with Crippen molar-refractivity contribution < 1.29 is 14.6 Å². The molecular weight excluding hydrogens is 286 g/mol. The molecule has 0 spiro atoms. The lowest BCUT2D eigenvalue weighted by atomic mass is 10.1. The maximum Gasteiger partial charge on any atom is 0.338 e. The summed E-state index contributed by atoms with van der Waals surface area (Å²) in [5.74, 6) is -0.148. The van der Waals surface area contributed by atoms with E-state index >= 15 is 0 Å². The van der Waals surface area contributed by atoms with E-state index in [-0.39, 0.29) is 0 Å². The molecular formula is C16H17NO3S. The highest BCUT2D eigenvalue weighted by atomic mass is 32.2. The molecule has 2 N–H and O–H groups in total. The molecule has 0 aliphatic rings. The van der Waals surface area contributed by atoms with E-state index < -0.39 is 5.97 Å². The van der Waals surface area contributed by atoms with Crippen LogP contribution in [0, 0.1) is 0 Å². The minimum absolute atomic E-state index is 0.305. The molecule has 0 heterocycles. The van der Waals surface area contributed by atoms with E-state index in [0.29, 0.717) is 17.8 Å². The van der Waals surface area contributed by atoms with Gasteiger partial charge in [-0.3, -0.25) is 0 Å². The highest BCUT2D eigenvalue weighted by molar-refractivity contribution is 7.98. The van der Waals surface area contributed by atoms with Crippen molar-refractivity contribution >= 4 is 23.4 Å². The van der Waals surface area contributed by atoms with Crippen LogP contribution in [0.15, 0.2) is 47.4 Å². The number of nitrogens with one attached hydrogen (secondary N) is 1. The van der Waals surface area contributed by atoms with Gasteiger partial charge in [0.05, 0.1) is 18.4 Å². The van der Waals surface area contributed by atoms with Gasteiger partial charge in [-0.15, -0.1) is 11.8 Å². The fourth-order valence-corrected chi connectivity index (χ4v) is 2.72. The second-order valence-corrected chi connectivity index (χ2v) is 5.20. The van der Waals surface area contributed by atoms with Crippen molar-refractivity contribution in [1.82, 2.24) is 0 Å². The maximum atomic E-state index is 11.5. The quantitative estimate of drug-likeness (QED) is 0.796. The summed E-state index contributed by atoms with van der Waals surface area (Å²) in [6, 6.07) is 13.1. The Morgan fingerprint density at radius 1 is 1.24 bits per heavy atom. The lowest BCUT2D eigenvalue weighted by Gasteiger charge is -2.14. The molecule has 0 saturated carbocycles. The Morgan fingerprint density at radius 3 is 2.67 bits per heavy atom. The first-order valence-corrected chi connectivity index (χ1v) is 7.66. The van der Waals surface area contributed by atoms with Crippen LogP contribution >= 0.6 is 11.8 Å². The van der Waals surface area contributed by atoms with Gasteiger partial charge in [0.2, 0.25) is 0 Å². The number of carboxylic acid groups (broad SMARTS) is 1. The molecule has 0 saturated heterocycles. The Hall–Kier alpha value is -2.14. The van der Waals surface area contributed by atoms with Gasteiger partial charge < -0.3 is 15.2 Å². The van der Waals surface area contributed by atoms with E-state index in [4.69, 9.17) is 4.74 Å². The predicted molar refractivity (Wildman–Crippen MR) is 85.5 cm³/mol. The Kier molecular flexibility index (Phi) is 5.11. The average Bonchev–Trinajstić information content (AvgIpc) is 2.52. The molecule has 0 atom stereocenters. The molecule has 2 aromatic rings. The second-order valence-electron chi connectivity index (χ2n) is 4.35. The largest absolute Gasteiger partial charge is 0.496 e. The fourth-order valence-electron chi connectivity index (χ4n) is 2.11. The van der Waals surface area contributed by atoms with E-state index in [1.54, 1.807) is 13.2 Å². The Balaban J connectivity index is 2.26. The van der Waals surface area contributed by atoms with Gasteiger partial charge in [0.1, 0.15) is 5.75 Å². The van der Waals surface area contributed by atoms with Crippen molar-refractivity contribution in [2.75, 3.05) is 18.7 Å². The zero-order valence-corrected chi connectivity index (χ0v) is 12.7. The molecule has 2 rings (SSSR count). The van der Waals surface area contributed by atoms with E-state index in [2.05, 4.69) is 5.32 Å². The Labute approximate surface area is 128 Å². The molecule has 0 aromatic heterocycles.